The molecule has 29 heavy (non-hydrogen) atoms. The van der Waals surface area contributed by atoms with Gasteiger partial charge in [0.2, 0.25) is 5.91 Å². The maximum Gasteiger partial charge on any atom is 0.274 e. The summed E-state index contributed by atoms with van der Waals surface area (Å²) in [5.74, 6) is -1.44. The van der Waals surface area contributed by atoms with Crippen LogP contribution in [0.4, 0.5) is 15.2 Å². The highest BCUT2D eigenvalue weighted by Crippen LogP contribution is 2.32. The molecule has 6 nitrogen and oxygen atoms in total. The molecule has 1 N–H and O–H groups in total. The number of halogens is 1. The van der Waals surface area contributed by atoms with Gasteiger partial charge in [-0.2, -0.15) is 5.10 Å². The summed E-state index contributed by atoms with van der Waals surface area (Å²) in [6.45, 7) is 5.41. The van der Waals surface area contributed by atoms with Gasteiger partial charge >= 0.3 is 0 Å². The number of thiazole rings is 1. The Balaban J connectivity index is 1.78. The molecule has 0 spiro atoms. The molecule has 148 valence electrons. The minimum Gasteiger partial charge on any atom is -0.274 e. The number of hydrazone groups is 1. The second-order valence-corrected chi connectivity index (χ2v) is 7.14. The Bertz CT molecular complexity index is 1090. The molecular formula is C21H19FN4O2S. The van der Waals surface area contributed by atoms with Gasteiger partial charge in [-0.1, -0.05) is 24.3 Å². The lowest BCUT2D eigenvalue weighted by Gasteiger charge is -2.21. The summed E-state index contributed by atoms with van der Waals surface area (Å²) in [4.78, 5) is 30.2. The van der Waals surface area contributed by atoms with Crippen LogP contribution in [-0.2, 0) is 4.79 Å². The van der Waals surface area contributed by atoms with Crippen LogP contribution in [0.5, 0.6) is 0 Å². The summed E-state index contributed by atoms with van der Waals surface area (Å²) >= 11 is 1.28. The van der Waals surface area contributed by atoms with E-state index in [1.807, 2.05) is 32.0 Å². The summed E-state index contributed by atoms with van der Waals surface area (Å²) in [7, 11) is 0. The maximum atomic E-state index is 13.6. The van der Waals surface area contributed by atoms with Crippen molar-refractivity contribution in [2.45, 2.75) is 20.8 Å². The number of nitrogens with one attached hydrogen (secondary N) is 1. The monoisotopic (exact) mass is 410 g/mol. The van der Waals surface area contributed by atoms with Crippen molar-refractivity contribution in [3.63, 3.8) is 0 Å². The highest BCUT2D eigenvalue weighted by molar-refractivity contribution is 7.14. The van der Waals surface area contributed by atoms with E-state index in [1.54, 1.807) is 16.3 Å². The zero-order valence-electron chi connectivity index (χ0n) is 16.1. The molecule has 2 aromatic carbocycles. The molecule has 0 fully saturated rings. The van der Waals surface area contributed by atoms with Gasteiger partial charge in [0, 0.05) is 12.3 Å². The van der Waals surface area contributed by atoms with Gasteiger partial charge in [0.05, 0.1) is 23.2 Å². The van der Waals surface area contributed by atoms with Crippen molar-refractivity contribution < 1.29 is 14.0 Å². The predicted octanol–water partition coefficient (Wildman–Crippen LogP) is 4.35. The summed E-state index contributed by atoms with van der Waals surface area (Å²) in [5, 5.41) is 6.04. The van der Waals surface area contributed by atoms with E-state index < -0.39 is 11.7 Å². The van der Waals surface area contributed by atoms with Gasteiger partial charge in [-0.25, -0.2) is 14.8 Å². The highest BCUT2D eigenvalue weighted by Gasteiger charge is 2.20. The molecule has 2 amide bonds. The molecule has 0 unspecified atom stereocenters. The minimum absolute atomic E-state index is 0.0960. The Morgan fingerprint density at radius 1 is 1.17 bits per heavy atom. The van der Waals surface area contributed by atoms with E-state index in [9.17, 15) is 14.0 Å². The smallest absolute Gasteiger partial charge is 0.274 e. The normalized spacial score (nSPS) is 10.9. The van der Waals surface area contributed by atoms with Crippen LogP contribution in [0.25, 0.3) is 0 Å². The number of aryl methyl sites for hydroxylation is 1. The van der Waals surface area contributed by atoms with Crippen LogP contribution >= 0.6 is 11.3 Å². The molecule has 0 atom stereocenters. The average Bonchev–Trinajstić information content (AvgIpc) is 3.13. The van der Waals surface area contributed by atoms with Crippen LogP contribution in [-0.4, -0.2) is 23.0 Å². The van der Waals surface area contributed by atoms with E-state index in [4.69, 9.17) is 0 Å². The largest absolute Gasteiger partial charge is 0.274 e. The second kappa shape index (κ2) is 8.74. The van der Waals surface area contributed by atoms with Crippen LogP contribution in [0.1, 0.15) is 34.1 Å². The number of hydrogen-bond acceptors (Lipinski definition) is 5. The molecule has 3 rings (SSSR count). The number of aromatic nitrogens is 1. The average molecular weight is 410 g/mol. The van der Waals surface area contributed by atoms with Crippen molar-refractivity contribution in [1.82, 2.24) is 10.4 Å². The van der Waals surface area contributed by atoms with E-state index >= 15 is 0 Å². The fourth-order valence-electron chi connectivity index (χ4n) is 2.69. The molecule has 1 heterocycles. The Morgan fingerprint density at radius 3 is 2.66 bits per heavy atom. The fourth-order valence-corrected chi connectivity index (χ4v) is 3.52. The first-order valence-electron chi connectivity index (χ1n) is 8.79. The van der Waals surface area contributed by atoms with E-state index in [-0.39, 0.29) is 11.5 Å². The number of benzene rings is 2. The first kappa shape index (κ1) is 20.3. The van der Waals surface area contributed by atoms with Crippen LogP contribution in [0, 0.1) is 19.7 Å². The Kier molecular flexibility index (Phi) is 6.13. The van der Waals surface area contributed by atoms with Gasteiger partial charge in [-0.15, -0.1) is 11.3 Å². The topological polar surface area (TPSA) is 74.7 Å². The standard InChI is InChI=1S/C21H19FN4O2S/c1-13-7-6-10-19(14(13)2)26(15(3)27)21-24-16(12-29-21)11-23-25-20(28)17-8-4-5-9-18(17)22/h4-12H,1-3H3,(H,25,28)/b23-11-. The third-order valence-corrected chi connectivity index (χ3v) is 5.16. The first-order valence-corrected chi connectivity index (χ1v) is 9.67. The van der Waals surface area contributed by atoms with E-state index in [0.717, 1.165) is 16.8 Å². The predicted molar refractivity (Wildman–Crippen MR) is 112 cm³/mol. The third kappa shape index (κ3) is 4.55. The highest BCUT2D eigenvalue weighted by atomic mass is 32.1. The maximum absolute atomic E-state index is 13.6. The van der Waals surface area contributed by atoms with Crippen LogP contribution in [0.3, 0.4) is 0 Å². The Morgan fingerprint density at radius 2 is 1.93 bits per heavy atom. The van der Waals surface area contributed by atoms with Gasteiger partial charge < -0.3 is 0 Å². The summed E-state index contributed by atoms with van der Waals surface area (Å²) in [6, 6.07) is 11.4. The fraction of sp³-hybridized carbons (Fsp3) is 0.143. The molecule has 1 aromatic heterocycles. The number of carbonyl (C=O) groups excluding carboxylic acids is 2. The first-order chi connectivity index (χ1) is 13.9. The molecule has 0 aliphatic carbocycles. The van der Waals surface area contributed by atoms with Crippen molar-refractivity contribution in [2.24, 2.45) is 5.10 Å². The quantitative estimate of drug-likeness (QED) is 0.502. The van der Waals surface area contributed by atoms with E-state index in [2.05, 4.69) is 15.5 Å². The van der Waals surface area contributed by atoms with Gasteiger partial charge in [0.1, 0.15) is 5.82 Å². The molecular weight excluding hydrogens is 391 g/mol. The zero-order valence-corrected chi connectivity index (χ0v) is 17.0. The lowest BCUT2D eigenvalue weighted by molar-refractivity contribution is -0.115. The molecule has 3 aromatic rings. The number of carbonyl (C=O) groups is 2. The third-order valence-electron chi connectivity index (χ3n) is 4.31. The number of hydrogen-bond donors (Lipinski definition) is 1. The number of anilines is 2. The second-order valence-electron chi connectivity index (χ2n) is 6.31. The van der Waals surface area contributed by atoms with Crippen LogP contribution in [0.15, 0.2) is 52.9 Å². The Hall–Kier alpha value is -3.39. The van der Waals surface area contributed by atoms with Crippen molar-refractivity contribution in [2.75, 3.05) is 4.90 Å². The summed E-state index contributed by atoms with van der Waals surface area (Å²) in [6.07, 6.45) is 1.35. The summed E-state index contributed by atoms with van der Waals surface area (Å²) < 4.78 is 13.6. The van der Waals surface area contributed by atoms with E-state index in [0.29, 0.717) is 10.8 Å². The lowest BCUT2D eigenvalue weighted by atomic mass is 10.1. The number of amides is 2. The van der Waals surface area contributed by atoms with Crippen molar-refractivity contribution in [1.29, 1.82) is 0 Å². The molecule has 0 aliphatic heterocycles. The van der Waals surface area contributed by atoms with Crippen molar-refractivity contribution >= 4 is 40.2 Å². The minimum atomic E-state index is -0.657. The molecule has 0 bridgehead atoms. The van der Waals surface area contributed by atoms with Crippen molar-refractivity contribution in [3.8, 4) is 0 Å². The SMILES string of the molecule is CC(=O)N(c1nc(/C=N\NC(=O)c2ccccc2F)cs1)c1cccc(C)c1C. The van der Waals surface area contributed by atoms with Crippen molar-refractivity contribution in [3.05, 3.63) is 76.0 Å². The molecule has 0 aliphatic rings. The van der Waals surface area contributed by atoms with Gasteiger partial charge in [0.15, 0.2) is 5.13 Å². The van der Waals surface area contributed by atoms with Crippen LogP contribution < -0.4 is 10.3 Å². The van der Waals surface area contributed by atoms with E-state index in [1.165, 1.54) is 42.7 Å². The molecule has 0 saturated carbocycles. The number of nitrogens with zero attached hydrogens (tertiary/aromatic N) is 3. The van der Waals surface area contributed by atoms with Gasteiger partial charge in [0.25, 0.3) is 5.91 Å². The molecule has 0 saturated heterocycles. The molecule has 0 radical (unpaired) electrons. The zero-order chi connectivity index (χ0) is 21.0. The van der Waals surface area contributed by atoms with Gasteiger partial charge in [-0.3, -0.25) is 14.5 Å². The molecule has 8 heteroatoms. The van der Waals surface area contributed by atoms with Gasteiger partial charge in [-0.05, 0) is 43.2 Å². The van der Waals surface area contributed by atoms with Crippen LogP contribution in [0.2, 0.25) is 0 Å². The Labute approximate surface area is 171 Å². The number of rotatable bonds is 5. The summed E-state index contributed by atoms with van der Waals surface area (Å²) in [5.41, 5.74) is 5.47. The lowest BCUT2D eigenvalue weighted by Crippen LogP contribution is -2.23.